The van der Waals surface area contributed by atoms with Gasteiger partial charge in [-0.25, -0.2) is 13.6 Å². The molecule has 1 atom stereocenters. The first-order valence-electron chi connectivity index (χ1n) is 9.26. The Bertz CT molecular complexity index is 905. The van der Waals surface area contributed by atoms with Crippen LogP contribution in [0.5, 0.6) is 0 Å². The molecule has 2 amide bonds. The summed E-state index contributed by atoms with van der Waals surface area (Å²) in [5.41, 5.74) is 4.06. The van der Waals surface area contributed by atoms with Gasteiger partial charge in [0, 0.05) is 5.92 Å². The van der Waals surface area contributed by atoms with E-state index in [1.807, 2.05) is 53.8 Å². The third-order valence-corrected chi connectivity index (χ3v) is 4.76. The average molecular weight is 418 g/mol. The Morgan fingerprint density at radius 2 is 1.57 bits per heavy atom. The van der Waals surface area contributed by atoms with Gasteiger partial charge < -0.3 is 20.5 Å². The van der Waals surface area contributed by atoms with Crippen molar-refractivity contribution in [1.29, 1.82) is 0 Å². The molecule has 2 aromatic rings. The number of carbonyl (C=O) groups is 3. The van der Waals surface area contributed by atoms with E-state index in [0.717, 1.165) is 22.3 Å². The van der Waals surface area contributed by atoms with E-state index < -0.39 is 43.4 Å². The zero-order chi connectivity index (χ0) is 21.7. The number of aliphatic carboxylic acids is 1. The molecule has 7 nitrogen and oxygen atoms in total. The highest BCUT2D eigenvalue weighted by atomic mass is 19.3. The third-order valence-electron chi connectivity index (χ3n) is 4.76. The van der Waals surface area contributed by atoms with E-state index in [2.05, 4.69) is 5.32 Å². The highest BCUT2D eigenvalue weighted by Crippen LogP contribution is 2.44. The van der Waals surface area contributed by atoms with Gasteiger partial charge in [0.15, 0.2) is 0 Å². The lowest BCUT2D eigenvalue weighted by molar-refractivity contribution is -0.139. The predicted molar refractivity (Wildman–Crippen MR) is 103 cm³/mol. The zero-order valence-electron chi connectivity index (χ0n) is 15.8. The highest BCUT2D eigenvalue weighted by molar-refractivity contribution is 5.89. The first-order valence-corrected chi connectivity index (χ1v) is 9.26. The van der Waals surface area contributed by atoms with Crippen LogP contribution in [0.3, 0.4) is 0 Å². The molecule has 0 radical (unpaired) electrons. The highest BCUT2D eigenvalue weighted by Gasteiger charge is 2.30. The number of fused-ring (bicyclic) bond motifs is 3. The molecular weight excluding hydrogens is 398 g/mol. The van der Waals surface area contributed by atoms with Gasteiger partial charge in [0.25, 0.3) is 6.43 Å². The number of rotatable bonds is 8. The van der Waals surface area contributed by atoms with E-state index in [0.29, 0.717) is 0 Å². The van der Waals surface area contributed by atoms with Crippen molar-refractivity contribution >= 4 is 18.0 Å². The van der Waals surface area contributed by atoms with Crippen molar-refractivity contribution in [3.63, 3.8) is 0 Å². The number of ether oxygens (including phenoxy) is 1. The van der Waals surface area contributed by atoms with Crippen LogP contribution in [0.2, 0.25) is 0 Å². The normalized spacial score (nSPS) is 13.3. The molecule has 1 aliphatic rings. The number of nitrogens with one attached hydrogen (secondary N) is 2. The van der Waals surface area contributed by atoms with Crippen LogP contribution in [0, 0.1) is 0 Å². The summed E-state index contributed by atoms with van der Waals surface area (Å²) in [5, 5.41) is 13.0. The van der Waals surface area contributed by atoms with Gasteiger partial charge >= 0.3 is 12.1 Å². The third kappa shape index (κ3) is 4.91. The van der Waals surface area contributed by atoms with Crippen molar-refractivity contribution in [3.8, 4) is 11.1 Å². The van der Waals surface area contributed by atoms with Gasteiger partial charge in [-0.1, -0.05) is 48.5 Å². The number of amides is 2. The van der Waals surface area contributed by atoms with Crippen LogP contribution in [0.25, 0.3) is 11.1 Å². The molecular formula is C21H20F2N2O5. The van der Waals surface area contributed by atoms with Crippen LogP contribution in [0.15, 0.2) is 48.5 Å². The zero-order valence-corrected chi connectivity index (χ0v) is 15.8. The fourth-order valence-corrected chi connectivity index (χ4v) is 3.47. The lowest BCUT2D eigenvalue weighted by Gasteiger charge is -2.18. The van der Waals surface area contributed by atoms with Gasteiger partial charge in [-0.2, -0.15) is 0 Å². The summed E-state index contributed by atoms with van der Waals surface area (Å²) in [6, 6.07) is 13.9. The molecule has 0 saturated carbocycles. The van der Waals surface area contributed by atoms with Gasteiger partial charge in [0.05, 0.1) is 13.0 Å². The predicted octanol–water partition coefficient (Wildman–Crippen LogP) is 2.75. The molecule has 0 spiro atoms. The molecule has 3 N–H and O–H groups in total. The number of alkyl carbamates (subject to hydrolysis) is 1. The van der Waals surface area contributed by atoms with Gasteiger partial charge in [-0.05, 0) is 22.3 Å². The summed E-state index contributed by atoms with van der Waals surface area (Å²) >= 11 is 0. The minimum atomic E-state index is -2.80. The van der Waals surface area contributed by atoms with Gasteiger partial charge in [-0.15, -0.1) is 0 Å². The molecule has 0 heterocycles. The molecule has 30 heavy (non-hydrogen) atoms. The van der Waals surface area contributed by atoms with Crippen LogP contribution in [0.1, 0.15) is 23.5 Å². The smallest absolute Gasteiger partial charge is 0.407 e. The van der Waals surface area contributed by atoms with Crippen molar-refractivity contribution in [2.75, 3.05) is 13.2 Å². The Morgan fingerprint density at radius 3 is 2.10 bits per heavy atom. The monoisotopic (exact) mass is 418 g/mol. The second-order valence-corrected chi connectivity index (χ2v) is 6.76. The summed E-state index contributed by atoms with van der Waals surface area (Å²) in [7, 11) is 0. The topological polar surface area (TPSA) is 105 Å². The van der Waals surface area contributed by atoms with E-state index >= 15 is 0 Å². The Balaban J connectivity index is 1.65. The lowest BCUT2D eigenvalue weighted by atomic mass is 9.98. The largest absolute Gasteiger partial charge is 0.481 e. The fraction of sp³-hybridized carbons (Fsp3) is 0.286. The lowest BCUT2D eigenvalue weighted by Crippen LogP contribution is -2.49. The SMILES string of the molecule is O=C(O)CC(NC(=O)OCC1c2ccccc2-c2ccccc21)C(=O)NCC(F)F. The summed E-state index contributed by atoms with van der Waals surface area (Å²) in [6.45, 7) is -0.973. The van der Waals surface area contributed by atoms with Crippen molar-refractivity contribution < 1.29 is 33.0 Å². The Morgan fingerprint density at radius 1 is 1.00 bits per heavy atom. The van der Waals surface area contributed by atoms with Gasteiger partial charge in [0.2, 0.25) is 5.91 Å². The molecule has 0 aromatic heterocycles. The Kier molecular flexibility index (Phi) is 6.61. The van der Waals surface area contributed by atoms with Crippen molar-refractivity contribution in [3.05, 3.63) is 59.7 Å². The minimum absolute atomic E-state index is 0.0295. The first kappa shape index (κ1) is 21.2. The second kappa shape index (κ2) is 9.34. The molecule has 2 aromatic carbocycles. The van der Waals surface area contributed by atoms with Crippen LogP contribution in [0.4, 0.5) is 13.6 Å². The van der Waals surface area contributed by atoms with E-state index in [-0.39, 0.29) is 12.5 Å². The minimum Gasteiger partial charge on any atom is -0.481 e. The maximum absolute atomic E-state index is 12.3. The van der Waals surface area contributed by atoms with Crippen LogP contribution >= 0.6 is 0 Å². The number of benzene rings is 2. The summed E-state index contributed by atoms with van der Waals surface area (Å²) in [6.07, 6.45) is -4.57. The van der Waals surface area contributed by atoms with Crippen molar-refractivity contribution in [2.45, 2.75) is 24.8 Å². The van der Waals surface area contributed by atoms with Crippen molar-refractivity contribution in [2.24, 2.45) is 0 Å². The molecule has 0 fully saturated rings. The number of carbonyl (C=O) groups excluding carboxylic acids is 2. The molecule has 9 heteroatoms. The van der Waals surface area contributed by atoms with Crippen molar-refractivity contribution in [1.82, 2.24) is 10.6 Å². The number of carboxylic acid groups (broad SMARTS) is 1. The second-order valence-electron chi connectivity index (χ2n) is 6.76. The van der Waals surface area contributed by atoms with E-state index in [4.69, 9.17) is 9.84 Å². The van der Waals surface area contributed by atoms with Gasteiger partial charge in [0.1, 0.15) is 12.6 Å². The molecule has 0 aliphatic heterocycles. The number of carboxylic acids is 1. The fourth-order valence-electron chi connectivity index (χ4n) is 3.47. The van der Waals surface area contributed by atoms with Crippen LogP contribution in [-0.4, -0.2) is 48.7 Å². The number of hydrogen-bond acceptors (Lipinski definition) is 4. The number of halogens is 2. The van der Waals surface area contributed by atoms with E-state index in [1.54, 1.807) is 0 Å². The quantitative estimate of drug-likeness (QED) is 0.612. The average Bonchev–Trinajstić information content (AvgIpc) is 3.03. The summed E-state index contributed by atoms with van der Waals surface area (Å²) in [4.78, 5) is 35.1. The van der Waals surface area contributed by atoms with E-state index in [1.165, 1.54) is 0 Å². The maximum atomic E-state index is 12.3. The molecule has 1 aliphatic carbocycles. The molecule has 0 saturated heterocycles. The molecule has 3 rings (SSSR count). The summed E-state index contributed by atoms with van der Waals surface area (Å²) < 4.78 is 29.8. The van der Waals surface area contributed by atoms with Crippen LogP contribution < -0.4 is 10.6 Å². The van der Waals surface area contributed by atoms with Crippen LogP contribution in [-0.2, 0) is 14.3 Å². The number of hydrogen-bond donors (Lipinski definition) is 3. The molecule has 1 unspecified atom stereocenters. The molecule has 0 bridgehead atoms. The Labute approximate surface area is 171 Å². The van der Waals surface area contributed by atoms with Gasteiger partial charge in [-0.3, -0.25) is 9.59 Å². The summed E-state index contributed by atoms with van der Waals surface area (Å²) in [5.74, 6) is -2.61. The van der Waals surface area contributed by atoms with E-state index in [9.17, 15) is 23.2 Å². The Hall–Kier alpha value is -3.49. The molecule has 158 valence electrons. The maximum Gasteiger partial charge on any atom is 0.407 e. The first-order chi connectivity index (χ1) is 14.4. The standard InChI is InChI=1S/C21H20F2N2O5/c22-18(23)10-24-20(28)17(9-19(26)27)25-21(29)30-11-16-14-7-3-1-5-12(14)13-6-2-4-8-15(13)16/h1-8,16-18H,9-11H2,(H,24,28)(H,25,29)(H,26,27). The number of alkyl halides is 2.